The van der Waals surface area contributed by atoms with Crippen LogP contribution in [0, 0.1) is 5.21 Å². The van der Waals surface area contributed by atoms with Crippen LogP contribution in [0.4, 0.5) is 11.5 Å². The summed E-state index contributed by atoms with van der Waals surface area (Å²) in [7, 11) is 0. The molecule has 2 N–H and O–H groups in total. The van der Waals surface area contributed by atoms with Gasteiger partial charge in [0.2, 0.25) is 11.5 Å². The first-order valence-electron chi connectivity index (χ1n) is 2.91. The standard InChI is InChI=1S/C5H4N4O2/c10-5-3-4(6-1-7-5)8-2-9(3)11/h1-2,9H,(H,6,7,10). The summed E-state index contributed by atoms with van der Waals surface area (Å²) in [5.74, 6) is -0.0694. The summed E-state index contributed by atoms with van der Waals surface area (Å²) in [6, 6.07) is 0. The maximum atomic E-state index is 10.9. The molecule has 0 bridgehead atoms. The Balaban J connectivity index is 2.65. The predicted octanol–water partition coefficient (Wildman–Crippen LogP) is -1.13. The topological polar surface area (TPSA) is 85.9 Å². The van der Waals surface area contributed by atoms with Crippen molar-refractivity contribution in [3.05, 3.63) is 11.5 Å². The Kier molecular flexibility index (Phi) is 1.11. The first-order valence-corrected chi connectivity index (χ1v) is 2.91. The zero-order valence-electron chi connectivity index (χ0n) is 5.35. The van der Waals surface area contributed by atoms with Crippen LogP contribution < -0.4 is 5.06 Å². The molecule has 0 saturated heterocycles. The zero-order valence-corrected chi connectivity index (χ0v) is 5.35. The number of aliphatic imine (C=N–C) groups is 1. The number of fused-ring (bicyclic) bond motifs is 1. The van der Waals surface area contributed by atoms with E-state index < -0.39 is 0 Å². The fourth-order valence-electron chi connectivity index (χ4n) is 0.870. The molecule has 0 fully saturated rings. The van der Waals surface area contributed by atoms with Crippen molar-refractivity contribution >= 4 is 17.8 Å². The Morgan fingerprint density at radius 2 is 2.27 bits per heavy atom. The molecule has 0 aromatic carbocycles. The summed E-state index contributed by atoms with van der Waals surface area (Å²) in [6.45, 7) is 0. The van der Waals surface area contributed by atoms with Gasteiger partial charge in [-0.15, -0.1) is 0 Å². The van der Waals surface area contributed by atoms with Crippen LogP contribution in [0.2, 0.25) is 0 Å². The van der Waals surface area contributed by atoms with Gasteiger partial charge in [0, 0.05) is 0 Å². The second kappa shape index (κ2) is 1.97. The monoisotopic (exact) mass is 152 g/mol. The highest BCUT2D eigenvalue weighted by Crippen LogP contribution is 2.26. The molecule has 6 nitrogen and oxygen atoms in total. The van der Waals surface area contributed by atoms with E-state index in [1.807, 2.05) is 0 Å². The first kappa shape index (κ1) is 6.20. The van der Waals surface area contributed by atoms with E-state index in [-0.39, 0.29) is 22.4 Å². The Bertz CT molecular complexity index is 324. The molecular formula is C5H4N4O2. The molecule has 2 rings (SSSR count). The lowest BCUT2D eigenvalue weighted by molar-refractivity contribution is -0.655. The summed E-state index contributed by atoms with van der Waals surface area (Å²) in [6.07, 6.45) is 2.27. The molecule has 2 heterocycles. The molecule has 11 heavy (non-hydrogen) atoms. The Hall–Kier alpha value is -1.53. The van der Waals surface area contributed by atoms with Crippen LogP contribution in [0.15, 0.2) is 11.3 Å². The van der Waals surface area contributed by atoms with E-state index in [4.69, 9.17) is 5.11 Å². The Morgan fingerprint density at radius 3 is 3.00 bits per heavy atom. The normalized spacial score (nSPS) is 20.3. The number of aromatic nitrogens is 2. The number of hydrogen-bond donors (Lipinski definition) is 2. The van der Waals surface area contributed by atoms with E-state index >= 15 is 0 Å². The van der Waals surface area contributed by atoms with E-state index in [0.717, 1.165) is 12.7 Å². The summed E-state index contributed by atoms with van der Waals surface area (Å²) in [4.78, 5) is 10.8. The third-order valence-electron chi connectivity index (χ3n) is 1.36. The molecule has 1 aliphatic heterocycles. The van der Waals surface area contributed by atoms with E-state index in [2.05, 4.69) is 15.0 Å². The van der Waals surface area contributed by atoms with Crippen LogP contribution in [0.1, 0.15) is 0 Å². The molecule has 0 amide bonds. The lowest BCUT2D eigenvalue weighted by atomic mass is 10.5. The van der Waals surface area contributed by atoms with E-state index in [1.165, 1.54) is 0 Å². The molecule has 0 saturated carbocycles. The molecule has 1 atom stereocenters. The largest absolute Gasteiger partial charge is 0.622 e. The van der Waals surface area contributed by atoms with Crippen molar-refractivity contribution in [2.24, 2.45) is 4.99 Å². The SMILES string of the molecule is [O-][NH+]1C=Nc2ncnc(O)c21. The number of quaternary nitrogens is 1. The van der Waals surface area contributed by atoms with Crippen LogP contribution in [0.5, 0.6) is 5.88 Å². The lowest BCUT2D eigenvalue weighted by Gasteiger charge is -2.10. The fraction of sp³-hybridized carbons (Fsp3) is 0. The molecular weight excluding hydrogens is 148 g/mol. The van der Waals surface area contributed by atoms with Crippen molar-refractivity contribution in [1.29, 1.82) is 0 Å². The zero-order chi connectivity index (χ0) is 7.84. The van der Waals surface area contributed by atoms with Gasteiger partial charge < -0.3 is 10.3 Å². The van der Waals surface area contributed by atoms with Crippen molar-refractivity contribution in [2.75, 3.05) is 0 Å². The van der Waals surface area contributed by atoms with Crippen LogP contribution >= 0.6 is 0 Å². The summed E-state index contributed by atoms with van der Waals surface area (Å²) in [5.41, 5.74) is 0.0903. The van der Waals surface area contributed by atoms with Crippen molar-refractivity contribution in [1.82, 2.24) is 9.97 Å². The average molecular weight is 152 g/mol. The highest BCUT2D eigenvalue weighted by Gasteiger charge is 2.21. The van der Waals surface area contributed by atoms with Gasteiger partial charge in [-0.25, -0.2) is 4.98 Å². The number of hydrogen-bond acceptors (Lipinski definition) is 5. The minimum absolute atomic E-state index is 0.0903. The van der Waals surface area contributed by atoms with E-state index in [1.54, 1.807) is 0 Å². The van der Waals surface area contributed by atoms with Gasteiger partial charge in [-0.05, 0) is 0 Å². The van der Waals surface area contributed by atoms with E-state index in [9.17, 15) is 5.21 Å². The van der Waals surface area contributed by atoms with Crippen molar-refractivity contribution < 1.29 is 10.2 Å². The number of nitrogens with zero attached hydrogens (tertiary/aromatic N) is 3. The van der Waals surface area contributed by atoms with Crippen LogP contribution in [0.3, 0.4) is 0 Å². The van der Waals surface area contributed by atoms with Crippen LogP contribution in [-0.2, 0) is 0 Å². The Labute approximate surface area is 61.4 Å². The molecule has 1 unspecified atom stereocenters. The number of nitrogens with one attached hydrogen (secondary N) is 1. The number of rotatable bonds is 0. The third-order valence-corrected chi connectivity index (χ3v) is 1.36. The minimum Gasteiger partial charge on any atom is -0.622 e. The van der Waals surface area contributed by atoms with Gasteiger partial charge in [-0.2, -0.15) is 9.98 Å². The average Bonchev–Trinajstić information content (AvgIpc) is 2.34. The summed E-state index contributed by atoms with van der Waals surface area (Å²) >= 11 is 0. The van der Waals surface area contributed by atoms with Gasteiger partial charge >= 0.3 is 0 Å². The molecule has 1 aromatic rings. The fourth-order valence-corrected chi connectivity index (χ4v) is 0.870. The van der Waals surface area contributed by atoms with Gasteiger partial charge in [0.25, 0.3) is 5.88 Å². The first-order chi connectivity index (χ1) is 5.29. The molecule has 1 aliphatic rings. The molecule has 6 heteroatoms. The number of hydroxylamine groups is 1. The van der Waals surface area contributed by atoms with Crippen molar-refractivity contribution in [2.45, 2.75) is 0 Å². The number of aromatic hydroxyl groups is 1. The van der Waals surface area contributed by atoms with Crippen LogP contribution in [-0.4, -0.2) is 21.4 Å². The molecule has 0 spiro atoms. The third kappa shape index (κ3) is 0.769. The van der Waals surface area contributed by atoms with Crippen molar-refractivity contribution in [3.63, 3.8) is 0 Å². The maximum absolute atomic E-state index is 10.9. The Morgan fingerprint density at radius 1 is 1.45 bits per heavy atom. The second-order valence-corrected chi connectivity index (χ2v) is 2.02. The van der Waals surface area contributed by atoms with Gasteiger partial charge in [-0.3, -0.25) is 5.06 Å². The second-order valence-electron chi connectivity index (χ2n) is 2.02. The molecule has 1 aromatic heterocycles. The quantitative estimate of drug-likeness (QED) is 0.460. The summed E-state index contributed by atoms with van der Waals surface area (Å²) < 4.78 is 0. The van der Waals surface area contributed by atoms with Crippen molar-refractivity contribution in [3.8, 4) is 5.88 Å². The summed E-state index contributed by atoms with van der Waals surface area (Å²) in [5, 5.41) is 19.6. The lowest BCUT2D eigenvalue weighted by Crippen LogP contribution is -2.99. The molecule has 0 radical (unpaired) electrons. The molecule has 56 valence electrons. The highest BCUT2D eigenvalue weighted by molar-refractivity contribution is 5.71. The maximum Gasteiger partial charge on any atom is 0.280 e. The van der Waals surface area contributed by atoms with Gasteiger partial charge in [0.05, 0.1) is 0 Å². The van der Waals surface area contributed by atoms with Crippen LogP contribution in [0.25, 0.3) is 0 Å². The van der Waals surface area contributed by atoms with Gasteiger partial charge in [0.15, 0.2) is 6.34 Å². The van der Waals surface area contributed by atoms with Gasteiger partial charge in [-0.1, -0.05) is 0 Å². The smallest absolute Gasteiger partial charge is 0.280 e. The van der Waals surface area contributed by atoms with E-state index in [0.29, 0.717) is 0 Å². The molecule has 0 aliphatic carbocycles. The predicted molar refractivity (Wildman–Crippen MR) is 35.8 cm³/mol. The van der Waals surface area contributed by atoms with Gasteiger partial charge in [0.1, 0.15) is 6.33 Å². The minimum atomic E-state index is -0.349. The highest BCUT2D eigenvalue weighted by atomic mass is 16.5.